The van der Waals surface area contributed by atoms with Crippen LogP contribution in [0.5, 0.6) is 0 Å². The summed E-state index contributed by atoms with van der Waals surface area (Å²) in [5.41, 5.74) is -0.593. The van der Waals surface area contributed by atoms with E-state index in [0.29, 0.717) is 25.4 Å². The van der Waals surface area contributed by atoms with Gasteiger partial charge in [0.15, 0.2) is 0 Å². The van der Waals surface area contributed by atoms with Crippen molar-refractivity contribution in [2.45, 2.75) is 65.5 Å². The van der Waals surface area contributed by atoms with E-state index in [1.54, 1.807) is 15.9 Å². The van der Waals surface area contributed by atoms with E-state index >= 15 is 0 Å². The SMILES string of the molecule is CC(C)CN(C(=O)C1CCCCN1C(=O)OC(C)(C)C)c1ccno1. The molecule has 0 N–H and O–H groups in total. The maximum Gasteiger partial charge on any atom is 0.410 e. The second-order valence-corrected chi connectivity index (χ2v) is 7.88. The first kappa shape index (κ1) is 19.3. The molecule has 7 heteroatoms. The molecular weight excluding hydrogens is 322 g/mol. The molecule has 140 valence electrons. The maximum atomic E-state index is 13.2. The van der Waals surface area contributed by atoms with Crippen LogP contribution in [0.1, 0.15) is 53.9 Å². The van der Waals surface area contributed by atoms with E-state index in [1.807, 2.05) is 34.6 Å². The minimum atomic E-state index is -0.593. The van der Waals surface area contributed by atoms with E-state index in [4.69, 9.17) is 9.26 Å². The summed E-state index contributed by atoms with van der Waals surface area (Å²) in [6, 6.07) is 1.13. The van der Waals surface area contributed by atoms with Gasteiger partial charge in [-0.2, -0.15) is 0 Å². The number of likely N-dealkylation sites (tertiary alicyclic amines) is 1. The molecule has 1 aliphatic heterocycles. The number of nitrogens with zero attached hydrogens (tertiary/aromatic N) is 3. The van der Waals surface area contributed by atoms with Crippen molar-refractivity contribution in [1.82, 2.24) is 10.1 Å². The van der Waals surface area contributed by atoms with Gasteiger partial charge in [-0.3, -0.25) is 14.6 Å². The third-order valence-corrected chi connectivity index (χ3v) is 3.92. The Balaban J connectivity index is 2.21. The molecule has 0 spiro atoms. The van der Waals surface area contributed by atoms with Gasteiger partial charge in [-0.25, -0.2) is 4.79 Å². The Morgan fingerprint density at radius 2 is 2.12 bits per heavy atom. The van der Waals surface area contributed by atoms with E-state index in [1.165, 1.54) is 6.20 Å². The predicted molar refractivity (Wildman–Crippen MR) is 94.3 cm³/mol. The van der Waals surface area contributed by atoms with Crippen molar-refractivity contribution in [3.05, 3.63) is 12.3 Å². The highest BCUT2D eigenvalue weighted by Gasteiger charge is 2.38. The summed E-state index contributed by atoms with van der Waals surface area (Å²) >= 11 is 0. The van der Waals surface area contributed by atoms with Crippen LogP contribution in [0.15, 0.2) is 16.8 Å². The van der Waals surface area contributed by atoms with Gasteiger partial charge in [0.05, 0.1) is 6.20 Å². The van der Waals surface area contributed by atoms with Crippen LogP contribution in [-0.4, -0.2) is 46.8 Å². The highest BCUT2D eigenvalue weighted by atomic mass is 16.6. The van der Waals surface area contributed by atoms with Gasteiger partial charge in [0.1, 0.15) is 11.6 Å². The summed E-state index contributed by atoms with van der Waals surface area (Å²) in [7, 11) is 0. The number of aromatic nitrogens is 1. The Kier molecular flexibility index (Phi) is 6.08. The molecule has 7 nitrogen and oxygen atoms in total. The third kappa shape index (κ3) is 5.21. The van der Waals surface area contributed by atoms with E-state index in [0.717, 1.165) is 12.8 Å². The Morgan fingerprint density at radius 3 is 2.68 bits per heavy atom. The Bertz CT molecular complexity index is 578. The van der Waals surface area contributed by atoms with Gasteiger partial charge in [-0.05, 0) is 46.0 Å². The lowest BCUT2D eigenvalue weighted by molar-refractivity contribution is -0.125. The largest absolute Gasteiger partial charge is 0.444 e. The zero-order chi connectivity index (χ0) is 18.6. The van der Waals surface area contributed by atoms with E-state index in [-0.39, 0.29) is 11.8 Å². The summed E-state index contributed by atoms with van der Waals surface area (Å²) < 4.78 is 10.7. The molecule has 0 aliphatic carbocycles. The monoisotopic (exact) mass is 351 g/mol. The maximum absolute atomic E-state index is 13.2. The number of ether oxygens (including phenoxy) is 1. The molecule has 0 radical (unpaired) electrons. The molecule has 1 aromatic heterocycles. The molecule has 1 unspecified atom stereocenters. The number of piperidine rings is 1. The third-order valence-electron chi connectivity index (χ3n) is 3.92. The van der Waals surface area contributed by atoms with Crippen molar-refractivity contribution in [3.8, 4) is 0 Å². The van der Waals surface area contributed by atoms with E-state index in [2.05, 4.69) is 5.16 Å². The molecule has 1 aromatic rings. The fourth-order valence-corrected chi connectivity index (χ4v) is 2.91. The van der Waals surface area contributed by atoms with Crippen molar-refractivity contribution in [1.29, 1.82) is 0 Å². The molecule has 1 aliphatic rings. The van der Waals surface area contributed by atoms with Gasteiger partial charge >= 0.3 is 6.09 Å². The van der Waals surface area contributed by atoms with E-state index in [9.17, 15) is 9.59 Å². The van der Waals surface area contributed by atoms with E-state index < -0.39 is 17.7 Å². The summed E-state index contributed by atoms with van der Waals surface area (Å²) in [5, 5.41) is 3.71. The fraction of sp³-hybridized carbons (Fsp3) is 0.722. The van der Waals surface area contributed by atoms with Crippen molar-refractivity contribution in [2.75, 3.05) is 18.0 Å². The lowest BCUT2D eigenvalue weighted by Gasteiger charge is -2.37. The van der Waals surface area contributed by atoms with Crippen molar-refractivity contribution >= 4 is 17.9 Å². The molecule has 2 rings (SSSR count). The van der Waals surface area contributed by atoms with Crippen LogP contribution in [0.25, 0.3) is 0 Å². The second-order valence-electron chi connectivity index (χ2n) is 7.88. The molecule has 25 heavy (non-hydrogen) atoms. The summed E-state index contributed by atoms with van der Waals surface area (Å²) in [5.74, 6) is 0.525. The topological polar surface area (TPSA) is 75.9 Å². The zero-order valence-electron chi connectivity index (χ0n) is 15.8. The molecule has 1 atom stereocenters. The van der Waals surface area contributed by atoms with Crippen LogP contribution in [0, 0.1) is 5.92 Å². The molecule has 2 amide bonds. The Labute approximate surface area is 149 Å². The lowest BCUT2D eigenvalue weighted by atomic mass is 10.0. The highest BCUT2D eigenvalue weighted by molar-refractivity contribution is 5.97. The predicted octanol–water partition coefficient (Wildman–Crippen LogP) is 3.45. The summed E-state index contributed by atoms with van der Waals surface area (Å²) in [6.07, 6.45) is 3.48. The van der Waals surface area contributed by atoms with Crippen LogP contribution in [-0.2, 0) is 9.53 Å². The van der Waals surface area contributed by atoms with Crippen molar-refractivity contribution in [3.63, 3.8) is 0 Å². The average molecular weight is 351 g/mol. The zero-order valence-corrected chi connectivity index (χ0v) is 15.8. The van der Waals surface area contributed by atoms with Crippen LogP contribution in [0.2, 0.25) is 0 Å². The van der Waals surface area contributed by atoms with Gasteiger partial charge in [0, 0.05) is 19.2 Å². The number of carbonyl (C=O) groups is 2. The van der Waals surface area contributed by atoms with Gasteiger partial charge in [0.2, 0.25) is 5.88 Å². The Hall–Kier alpha value is -2.05. The smallest absolute Gasteiger partial charge is 0.410 e. The fourth-order valence-electron chi connectivity index (χ4n) is 2.91. The quantitative estimate of drug-likeness (QED) is 0.830. The number of anilines is 1. The van der Waals surface area contributed by atoms with Crippen LogP contribution >= 0.6 is 0 Å². The van der Waals surface area contributed by atoms with Crippen molar-refractivity contribution < 1.29 is 18.8 Å². The molecular formula is C18H29N3O4. The van der Waals surface area contributed by atoms with Gasteiger partial charge < -0.3 is 9.26 Å². The Morgan fingerprint density at radius 1 is 1.40 bits per heavy atom. The number of amides is 2. The first-order valence-electron chi connectivity index (χ1n) is 8.90. The number of hydrogen-bond acceptors (Lipinski definition) is 5. The lowest BCUT2D eigenvalue weighted by Crippen LogP contribution is -2.54. The summed E-state index contributed by atoms with van der Waals surface area (Å²) in [4.78, 5) is 28.9. The van der Waals surface area contributed by atoms with Gasteiger partial charge in [-0.1, -0.05) is 19.0 Å². The molecule has 0 aromatic carbocycles. The molecule has 0 saturated carbocycles. The minimum absolute atomic E-state index is 0.143. The number of hydrogen-bond donors (Lipinski definition) is 0. The van der Waals surface area contributed by atoms with Gasteiger partial charge in [0.25, 0.3) is 5.91 Å². The first-order valence-corrected chi connectivity index (χ1v) is 8.90. The number of carbonyl (C=O) groups excluding carboxylic acids is 2. The molecule has 1 saturated heterocycles. The van der Waals surface area contributed by atoms with Gasteiger partial charge in [-0.15, -0.1) is 0 Å². The number of rotatable bonds is 4. The average Bonchev–Trinajstić information content (AvgIpc) is 3.04. The first-order chi connectivity index (χ1) is 11.7. The molecule has 0 bridgehead atoms. The van der Waals surface area contributed by atoms with Crippen LogP contribution in [0.4, 0.5) is 10.7 Å². The highest BCUT2D eigenvalue weighted by Crippen LogP contribution is 2.25. The van der Waals surface area contributed by atoms with Crippen LogP contribution in [0.3, 0.4) is 0 Å². The minimum Gasteiger partial charge on any atom is -0.444 e. The van der Waals surface area contributed by atoms with Crippen molar-refractivity contribution in [2.24, 2.45) is 5.92 Å². The van der Waals surface area contributed by atoms with Crippen LogP contribution < -0.4 is 4.90 Å². The molecule has 2 heterocycles. The normalized spacial score (nSPS) is 18.3. The second kappa shape index (κ2) is 7.89. The standard InChI is InChI=1S/C18H29N3O4/c1-13(2)12-21(15-9-10-19-25-15)16(22)14-8-6-7-11-20(14)17(23)24-18(3,4)5/h9-10,13-14H,6-8,11-12H2,1-5H3. The summed E-state index contributed by atoms with van der Waals surface area (Å²) in [6.45, 7) is 10.6. The molecule has 1 fully saturated rings.